The molecule has 4 aliphatic carbocycles. The maximum atomic E-state index is 17.7. The highest BCUT2D eigenvalue weighted by Crippen LogP contribution is 2.72. The second-order valence-corrected chi connectivity index (χ2v) is 22.2. The molecule has 0 radical (unpaired) electrons. The number of hydrogen-bond donors (Lipinski definition) is 7. The highest BCUT2D eigenvalue weighted by atomic mass is 32.2. The number of nitrogens with one attached hydrogen (secondary N) is 4. The molecule has 14 atom stereocenters. The molecule has 1 saturated heterocycles. The lowest BCUT2D eigenvalue weighted by atomic mass is 9.44. The average Bonchev–Trinajstić information content (AvgIpc) is 3.83. The van der Waals surface area contributed by atoms with Gasteiger partial charge < -0.3 is 46.1 Å². The number of ether oxygens (including phenoxy) is 2. The number of carbonyl (C=O) groups excluding carboxylic acids is 5. The van der Waals surface area contributed by atoms with Crippen LogP contribution in [-0.2, 0) is 49.5 Å². The molecule has 0 spiro atoms. The van der Waals surface area contributed by atoms with Crippen LogP contribution >= 0.6 is 11.8 Å². The van der Waals surface area contributed by atoms with E-state index in [0.29, 0.717) is 17.7 Å². The largest absolute Gasteiger partial charge is 0.481 e. The minimum absolute atomic E-state index is 0.0176. The molecular formula is C53H66F2N4O12S. The van der Waals surface area contributed by atoms with E-state index in [2.05, 4.69) is 28.2 Å². The van der Waals surface area contributed by atoms with Gasteiger partial charge in [-0.3, -0.25) is 28.8 Å². The second-order valence-electron chi connectivity index (χ2n) is 20.6. The number of amides is 4. The summed E-state index contributed by atoms with van der Waals surface area (Å²) >= 11 is 1.29. The lowest BCUT2D eigenvalue weighted by molar-refractivity contribution is -0.240. The van der Waals surface area contributed by atoms with Crippen molar-refractivity contribution in [2.24, 2.45) is 22.7 Å². The summed E-state index contributed by atoms with van der Waals surface area (Å²) in [4.78, 5) is 88.5. The Labute approximate surface area is 421 Å². The van der Waals surface area contributed by atoms with Crippen LogP contribution in [0, 0.1) is 22.7 Å². The second kappa shape index (κ2) is 21.5. The van der Waals surface area contributed by atoms with E-state index in [-0.39, 0.29) is 49.5 Å². The quantitative estimate of drug-likeness (QED) is 0.0799. The molecule has 7 rings (SSSR count). The number of fused-ring (bicyclic) bond motifs is 7. The van der Waals surface area contributed by atoms with Crippen LogP contribution in [0.5, 0.6) is 0 Å². The van der Waals surface area contributed by atoms with Gasteiger partial charge in [-0.05, 0) is 99.8 Å². The number of unbranched alkanes of at least 4 members (excludes halogenated alkanes) is 1. The van der Waals surface area contributed by atoms with Crippen molar-refractivity contribution in [2.45, 2.75) is 158 Å². The molecule has 390 valence electrons. The number of carbonyl (C=O) groups is 7. The summed E-state index contributed by atoms with van der Waals surface area (Å²) in [6, 6.07) is 12.3. The fraction of sp³-hybridized carbons (Fsp3) is 0.566. The van der Waals surface area contributed by atoms with Crippen LogP contribution in [0.15, 0.2) is 72.3 Å². The molecule has 2 unspecified atom stereocenters. The number of ketones is 1. The number of carboxylic acids is 2. The number of benzene rings is 2. The first kappa shape index (κ1) is 54.3. The summed E-state index contributed by atoms with van der Waals surface area (Å²) in [5, 5.41) is 41.8. The normalized spacial score (nSPS) is 31.8. The van der Waals surface area contributed by atoms with E-state index in [0.717, 1.165) is 36.5 Å². The Hall–Kier alpha value is -5.50. The van der Waals surface area contributed by atoms with E-state index in [9.17, 15) is 48.9 Å². The van der Waals surface area contributed by atoms with E-state index in [1.807, 2.05) is 25.1 Å². The zero-order valence-electron chi connectivity index (χ0n) is 41.4. The van der Waals surface area contributed by atoms with Crippen LogP contribution in [0.1, 0.15) is 116 Å². The van der Waals surface area contributed by atoms with Gasteiger partial charge in [0.25, 0.3) is 0 Å². The predicted octanol–water partition coefficient (Wildman–Crippen LogP) is 6.05. The molecule has 4 amide bonds. The van der Waals surface area contributed by atoms with Gasteiger partial charge in [0, 0.05) is 46.2 Å². The van der Waals surface area contributed by atoms with Crippen LogP contribution < -0.4 is 21.3 Å². The van der Waals surface area contributed by atoms with Crippen molar-refractivity contribution in [3.63, 3.8) is 0 Å². The van der Waals surface area contributed by atoms with Crippen LogP contribution in [0.4, 0.5) is 14.5 Å². The van der Waals surface area contributed by atoms with Gasteiger partial charge >= 0.3 is 11.9 Å². The van der Waals surface area contributed by atoms with E-state index in [1.54, 1.807) is 37.3 Å². The summed E-state index contributed by atoms with van der Waals surface area (Å²) in [5.41, 5.74) is -4.65. The van der Waals surface area contributed by atoms with Gasteiger partial charge in [-0.25, -0.2) is 13.6 Å². The zero-order chi connectivity index (χ0) is 52.5. The Morgan fingerprint density at radius 3 is 2.31 bits per heavy atom. The first-order valence-electron chi connectivity index (χ1n) is 24.7. The monoisotopic (exact) mass is 1020 g/mol. The predicted molar refractivity (Wildman–Crippen MR) is 263 cm³/mol. The molecule has 2 aromatic rings. The summed E-state index contributed by atoms with van der Waals surface area (Å²) < 4.78 is 46.4. The van der Waals surface area contributed by atoms with Crippen molar-refractivity contribution < 1.29 is 67.1 Å². The van der Waals surface area contributed by atoms with Crippen molar-refractivity contribution in [1.82, 2.24) is 16.0 Å². The summed E-state index contributed by atoms with van der Waals surface area (Å²) in [6.07, 6.45) is 0.293. The van der Waals surface area contributed by atoms with Gasteiger partial charge in [0.05, 0.1) is 17.8 Å². The summed E-state index contributed by atoms with van der Waals surface area (Å²) in [5.74, 6) is -6.82. The Kier molecular flexibility index (Phi) is 16.2. The number of halogens is 2. The fourth-order valence-electron chi connectivity index (χ4n) is 11.9. The molecule has 7 N–H and O–H groups in total. The molecule has 0 bridgehead atoms. The van der Waals surface area contributed by atoms with Crippen LogP contribution in [0.2, 0.25) is 0 Å². The number of aliphatic carboxylic acids is 2. The van der Waals surface area contributed by atoms with Gasteiger partial charge in [-0.1, -0.05) is 76.1 Å². The molecule has 5 aliphatic rings. The number of anilines is 1. The third-order valence-electron chi connectivity index (χ3n) is 15.7. The smallest absolute Gasteiger partial charge is 0.339 e. The molecule has 3 saturated carbocycles. The molecule has 4 fully saturated rings. The Balaban J connectivity index is 0.901. The van der Waals surface area contributed by atoms with Crippen LogP contribution in [0.3, 0.4) is 0 Å². The Bertz CT molecular complexity index is 2510. The maximum Gasteiger partial charge on any atom is 0.339 e. The number of hydrogen-bond acceptors (Lipinski definition) is 11. The number of alkyl halides is 2. The lowest BCUT2D eigenvalue weighted by Crippen LogP contribution is -2.70. The third kappa shape index (κ3) is 10.4. The lowest BCUT2D eigenvalue weighted by Gasteiger charge is -2.62. The zero-order valence-corrected chi connectivity index (χ0v) is 42.2. The van der Waals surface area contributed by atoms with Gasteiger partial charge in [-0.15, -0.1) is 11.8 Å². The minimum atomic E-state index is -2.38. The third-order valence-corrected chi connectivity index (χ3v) is 17.1. The molecule has 0 aromatic heterocycles. The van der Waals surface area contributed by atoms with Gasteiger partial charge in [-0.2, -0.15) is 0 Å². The topological polar surface area (TPSA) is 247 Å². The first-order chi connectivity index (χ1) is 34.0. The van der Waals surface area contributed by atoms with E-state index < -0.39 is 117 Å². The molecular weight excluding hydrogens is 955 g/mol. The molecule has 2 aromatic carbocycles. The Morgan fingerprint density at radius 2 is 1.62 bits per heavy atom. The molecule has 1 heterocycles. The molecule has 1 aliphatic heterocycles. The number of allylic oxidation sites excluding steroid dienone is 4. The molecule has 72 heavy (non-hydrogen) atoms. The highest BCUT2D eigenvalue weighted by molar-refractivity contribution is 8.01. The van der Waals surface area contributed by atoms with E-state index in [4.69, 9.17) is 9.47 Å². The van der Waals surface area contributed by atoms with Crippen LogP contribution in [-0.4, -0.2) is 115 Å². The first-order valence-corrected chi connectivity index (χ1v) is 25.7. The Morgan fingerprint density at radius 1 is 0.917 bits per heavy atom. The van der Waals surface area contributed by atoms with Crippen molar-refractivity contribution in [3.8, 4) is 0 Å². The van der Waals surface area contributed by atoms with Crippen molar-refractivity contribution in [2.75, 3.05) is 11.9 Å². The SMILES string of the molecule is CCCCC(C)SC(CC(=O)O)C(=O)NCCC(=O)N[C@@H](C)C(=O)N[C@@H](C)C(=O)Nc1cccc(Cc2ccc([C@@H]3O[C@@H]4C[C@H]5[C@@H]6C[C@H](F)C7=CC(=O)C=C[C@]7(C)[C@@]6(F)[C@@H](O)C[C@]5(C)[C@]4(C(=O)O)O3)cc2)c1. The number of aliphatic hydroxyl groups excluding tert-OH is 1. The summed E-state index contributed by atoms with van der Waals surface area (Å²) in [6.45, 7) is 10.0. The average molecular weight is 1020 g/mol. The fourth-order valence-corrected chi connectivity index (χ4v) is 13.2. The van der Waals surface area contributed by atoms with Crippen LogP contribution in [0.25, 0.3) is 0 Å². The number of aliphatic hydroxyl groups is 1. The van der Waals surface area contributed by atoms with E-state index >= 15 is 8.78 Å². The number of rotatable bonds is 20. The minimum Gasteiger partial charge on any atom is -0.481 e. The van der Waals surface area contributed by atoms with Gasteiger partial charge in [0.2, 0.25) is 23.6 Å². The van der Waals surface area contributed by atoms with Gasteiger partial charge in [0.1, 0.15) is 24.4 Å². The van der Waals surface area contributed by atoms with Crippen molar-refractivity contribution in [3.05, 3.63) is 89.0 Å². The molecule has 19 heteroatoms. The maximum absolute atomic E-state index is 17.7. The highest BCUT2D eigenvalue weighted by Gasteiger charge is 2.80. The van der Waals surface area contributed by atoms with Crippen molar-refractivity contribution in [1.29, 1.82) is 0 Å². The van der Waals surface area contributed by atoms with Crippen molar-refractivity contribution >= 4 is 58.8 Å². The molecule has 16 nitrogen and oxygen atoms in total. The van der Waals surface area contributed by atoms with E-state index in [1.165, 1.54) is 44.7 Å². The number of thioether (sulfide) groups is 1. The number of carboxylic acid groups (broad SMARTS) is 2. The van der Waals surface area contributed by atoms with Gasteiger partial charge in [0.15, 0.2) is 23.3 Å². The summed E-state index contributed by atoms with van der Waals surface area (Å²) in [7, 11) is 0. The standard InChI is InChI=1S/C53H66F2N4O12S/c1-7-8-10-28(2)72-40(26-44(63)64)47(67)56-20-18-43(62)57-29(3)45(65)58-30(4)46(66)59-34-12-9-11-32(22-34)21-31-13-15-33(16-14-31)48-70-42-25-36-37-24-39(54)38-23-35(60)17-19-50(38,5)52(37,55)41(61)27-51(36,6)53(42,71-48)49(68)69/h9,11-17,19,22-23,28-30,36-37,39-42,48,61H,7-8,10,18,20-21,24-27H2,1-6H3,(H,56,67)(H,57,62)(H,58,65)(H,59,66)(H,63,64)(H,68,69)/t28?,29-,30-,36-,37-,39-,40?,41-,42+,48+,50-,51-,52-,53-/m0/s1.